The molecule has 0 fully saturated rings. The SMILES string of the molecule is COC(=O)C(CN)O[Si](C)(C)C(C)(C)C. The van der Waals surface area contributed by atoms with Gasteiger partial charge in [-0.2, -0.15) is 0 Å². The largest absolute Gasteiger partial charge is 0.467 e. The fraction of sp³-hybridized carbons (Fsp3) is 0.900. The topological polar surface area (TPSA) is 61.5 Å². The van der Waals surface area contributed by atoms with Crippen molar-refractivity contribution < 1.29 is 14.0 Å². The van der Waals surface area contributed by atoms with Crippen molar-refractivity contribution in [1.82, 2.24) is 0 Å². The number of carbonyl (C=O) groups excluding carboxylic acids is 1. The van der Waals surface area contributed by atoms with E-state index in [0.717, 1.165) is 0 Å². The maximum Gasteiger partial charge on any atom is 0.335 e. The second-order valence-corrected chi connectivity index (χ2v) is 9.88. The van der Waals surface area contributed by atoms with Gasteiger partial charge in [-0.05, 0) is 18.1 Å². The van der Waals surface area contributed by atoms with Crippen LogP contribution in [0.4, 0.5) is 0 Å². The molecule has 0 aliphatic carbocycles. The third kappa shape index (κ3) is 3.93. The zero-order valence-electron chi connectivity index (χ0n) is 10.6. The van der Waals surface area contributed by atoms with Gasteiger partial charge in [0.1, 0.15) is 0 Å². The minimum Gasteiger partial charge on any atom is -0.467 e. The second-order valence-electron chi connectivity index (χ2n) is 5.13. The lowest BCUT2D eigenvalue weighted by Gasteiger charge is -2.38. The van der Waals surface area contributed by atoms with Crippen molar-refractivity contribution >= 4 is 14.3 Å². The summed E-state index contributed by atoms with van der Waals surface area (Å²) < 4.78 is 10.5. The molecule has 0 aromatic heterocycles. The smallest absolute Gasteiger partial charge is 0.335 e. The average molecular weight is 233 g/mol. The van der Waals surface area contributed by atoms with E-state index in [4.69, 9.17) is 10.2 Å². The van der Waals surface area contributed by atoms with Crippen molar-refractivity contribution in [2.45, 2.75) is 45.0 Å². The van der Waals surface area contributed by atoms with Gasteiger partial charge in [-0.3, -0.25) is 0 Å². The monoisotopic (exact) mass is 233 g/mol. The van der Waals surface area contributed by atoms with Gasteiger partial charge in [0.2, 0.25) is 0 Å². The lowest BCUT2D eigenvalue weighted by Crippen LogP contribution is -2.48. The highest BCUT2D eigenvalue weighted by atomic mass is 28.4. The Bertz CT molecular complexity index is 223. The summed E-state index contributed by atoms with van der Waals surface area (Å²) in [5.74, 6) is -0.387. The third-order valence-electron chi connectivity index (χ3n) is 2.92. The summed E-state index contributed by atoms with van der Waals surface area (Å²) in [6.45, 7) is 10.7. The van der Waals surface area contributed by atoms with Crippen molar-refractivity contribution in [3.05, 3.63) is 0 Å². The fourth-order valence-corrected chi connectivity index (χ4v) is 2.11. The summed E-state index contributed by atoms with van der Waals surface area (Å²) in [5.41, 5.74) is 5.50. The maximum atomic E-state index is 11.3. The zero-order valence-corrected chi connectivity index (χ0v) is 11.6. The first-order valence-electron chi connectivity index (χ1n) is 5.11. The number of rotatable bonds is 4. The Kier molecular flexibility index (Phi) is 4.96. The predicted octanol–water partition coefficient (Wildman–Crippen LogP) is 1.51. The standard InChI is InChI=1S/C10H23NO3Si/c1-10(2,3)15(5,6)14-8(7-11)9(12)13-4/h8H,7,11H2,1-6H3. The van der Waals surface area contributed by atoms with Crippen molar-refractivity contribution in [1.29, 1.82) is 0 Å². The molecule has 4 nitrogen and oxygen atoms in total. The van der Waals surface area contributed by atoms with Crippen LogP contribution in [-0.4, -0.2) is 34.0 Å². The summed E-state index contributed by atoms with van der Waals surface area (Å²) in [4.78, 5) is 11.3. The van der Waals surface area contributed by atoms with Gasteiger partial charge in [-0.15, -0.1) is 0 Å². The van der Waals surface area contributed by atoms with Crippen molar-refractivity contribution in [2.75, 3.05) is 13.7 Å². The van der Waals surface area contributed by atoms with Crippen LogP contribution in [0, 0.1) is 0 Å². The molecule has 0 bridgehead atoms. The Hall–Kier alpha value is -0.393. The minimum absolute atomic E-state index is 0.0639. The number of esters is 1. The van der Waals surface area contributed by atoms with E-state index >= 15 is 0 Å². The number of hydrogen-bond donors (Lipinski definition) is 1. The molecule has 15 heavy (non-hydrogen) atoms. The molecule has 0 aliphatic heterocycles. The van der Waals surface area contributed by atoms with Crippen LogP contribution in [0.1, 0.15) is 20.8 Å². The first-order valence-corrected chi connectivity index (χ1v) is 8.02. The Morgan fingerprint density at radius 1 is 1.40 bits per heavy atom. The summed E-state index contributed by atoms with van der Waals surface area (Å²) in [7, 11) is -0.602. The molecule has 0 radical (unpaired) electrons. The maximum absolute atomic E-state index is 11.3. The predicted molar refractivity (Wildman–Crippen MR) is 63.1 cm³/mol. The number of ether oxygens (including phenoxy) is 1. The van der Waals surface area contributed by atoms with Crippen molar-refractivity contribution in [2.24, 2.45) is 5.73 Å². The van der Waals surface area contributed by atoms with Gasteiger partial charge in [-0.25, -0.2) is 4.79 Å². The van der Waals surface area contributed by atoms with E-state index in [1.807, 2.05) is 0 Å². The van der Waals surface area contributed by atoms with E-state index in [-0.39, 0.29) is 17.6 Å². The molecule has 0 saturated carbocycles. The first-order chi connectivity index (χ1) is 6.65. The highest BCUT2D eigenvalue weighted by Gasteiger charge is 2.40. The molecular formula is C10H23NO3Si. The van der Waals surface area contributed by atoms with Crippen molar-refractivity contribution in [3.8, 4) is 0 Å². The first kappa shape index (κ1) is 14.6. The number of carbonyl (C=O) groups is 1. The molecule has 1 atom stereocenters. The van der Waals surface area contributed by atoms with Gasteiger partial charge >= 0.3 is 5.97 Å². The van der Waals surface area contributed by atoms with E-state index in [2.05, 4.69) is 38.6 Å². The van der Waals surface area contributed by atoms with Gasteiger partial charge in [-0.1, -0.05) is 20.8 Å². The number of nitrogens with two attached hydrogens (primary N) is 1. The summed E-state index contributed by atoms with van der Waals surface area (Å²) in [6, 6.07) is 0. The fourth-order valence-electron chi connectivity index (χ4n) is 0.856. The van der Waals surface area contributed by atoms with E-state index in [1.165, 1.54) is 7.11 Å². The molecule has 0 heterocycles. The highest BCUT2D eigenvalue weighted by molar-refractivity contribution is 6.74. The Morgan fingerprint density at radius 3 is 2.13 bits per heavy atom. The molecule has 0 amide bonds. The van der Waals surface area contributed by atoms with Crippen LogP contribution in [0.25, 0.3) is 0 Å². The molecule has 1 unspecified atom stereocenters. The van der Waals surface area contributed by atoms with Gasteiger partial charge in [0, 0.05) is 6.54 Å². The minimum atomic E-state index is -1.95. The normalized spacial score (nSPS) is 14.9. The van der Waals surface area contributed by atoms with E-state index in [9.17, 15) is 4.79 Å². The van der Waals surface area contributed by atoms with Gasteiger partial charge in [0.25, 0.3) is 0 Å². The van der Waals surface area contributed by atoms with Crippen molar-refractivity contribution in [3.63, 3.8) is 0 Å². The Morgan fingerprint density at radius 2 is 1.87 bits per heavy atom. The molecule has 5 heteroatoms. The van der Waals surface area contributed by atoms with Crippen LogP contribution in [0.5, 0.6) is 0 Å². The van der Waals surface area contributed by atoms with Crippen LogP contribution in [0.2, 0.25) is 18.1 Å². The molecular weight excluding hydrogens is 210 g/mol. The second kappa shape index (κ2) is 5.09. The lowest BCUT2D eigenvalue weighted by molar-refractivity contribution is -0.148. The summed E-state index contributed by atoms with van der Waals surface area (Å²) >= 11 is 0. The van der Waals surface area contributed by atoms with Crippen LogP contribution in [-0.2, 0) is 14.0 Å². The molecule has 0 saturated heterocycles. The Labute approximate surface area is 93.3 Å². The average Bonchev–Trinajstić information content (AvgIpc) is 2.11. The summed E-state index contributed by atoms with van der Waals surface area (Å²) in [6.07, 6.45) is -0.629. The molecule has 0 aromatic carbocycles. The quantitative estimate of drug-likeness (QED) is 0.590. The summed E-state index contributed by atoms with van der Waals surface area (Å²) in [5, 5.41) is 0.0639. The highest BCUT2D eigenvalue weighted by Crippen LogP contribution is 2.37. The number of methoxy groups -OCH3 is 1. The third-order valence-corrected chi connectivity index (χ3v) is 7.41. The molecule has 0 aliphatic rings. The van der Waals surface area contributed by atoms with Crippen LogP contribution >= 0.6 is 0 Å². The lowest BCUT2D eigenvalue weighted by atomic mass is 10.2. The molecule has 0 aromatic rings. The number of hydrogen-bond acceptors (Lipinski definition) is 4. The van der Waals surface area contributed by atoms with Crippen LogP contribution < -0.4 is 5.73 Å². The van der Waals surface area contributed by atoms with E-state index in [0.29, 0.717) is 0 Å². The molecule has 0 rings (SSSR count). The zero-order chi connectivity index (χ0) is 12.3. The molecule has 90 valence electrons. The molecule has 2 N–H and O–H groups in total. The van der Waals surface area contributed by atoms with E-state index in [1.54, 1.807) is 0 Å². The van der Waals surface area contributed by atoms with E-state index < -0.39 is 14.4 Å². The molecule has 0 spiro atoms. The van der Waals surface area contributed by atoms with Crippen LogP contribution in [0.15, 0.2) is 0 Å². The van der Waals surface area contributed by atoms with Gasteiger partial charge < -0.3 is 14.9 Å². The van der Waals surface area contributed by atoms with Gasteiger partial charge in [0.05, 0.1) is 7.11 Å². The Balaban J connectivity index is 4.62. The van der Waals surface area contributed by atoms with Gasteiger partial charge in [0.15, 0.2) is 14.4 Å². The van der Waals surface area contributed by atoms with Crippen LogP contribution in [0.3, 0.4) is 0 Å².